The van der Waals surface area contributed by atoms with Crippen molar-refractivity contribution in [2.24, 2.45) is 0 Å². The number of hydrogen-bond acceptors (Lipinski definition) is 4. The molecular weight excluding hydrogens is 400 g/mol. The summed E-state index contributed by atoms with van der Waals surface area (Å²) in [7, 11) is -3.84. The van der Waals surface area contributed by atoms with E-state index in [9.17, 15) is 13.2 Å². The number of amides is 1. The highest BCUT2D eigenvalue weighted by Crippen LogP contribution is 2.20. The predicted molar refractivity (Wildman–Crippen MR) is 119 cm³/mol. The van der Waals surface area contributed by atoms with E-state index in [2.05, 4.69) is 16.6 Å². The molecule has 3 aromatic rings. The van der Waals surface area contributed by atoms with Crippen LogP contribution in [0.15, 0.2) is 90.3 Å². The molecule has 0 bridgehead atoms. The first-order valence-corrected chi connectivity index (χ1v) is 10.7. The highest BCUT2D eigenvalue weighted by Gasteiger charge is 2.17. The molecule has 154 valence electrons. The minimum atomic E-state index is -3.84. The number of hydrogen-bond donors (Lipinski definition) is 2. The van der Waals surface area contributed by atoms with Gasteiger partial charge in [0.2, 0.25) is 0 Å². The molecular formula is C23H22N2O4S. The number of aryl methyl sites for hydroxylation is 1. The molecule has 0 radical (unpaired) electrons. The number of sulfonamides is 1. The largest absolute Gasteiger partial charge is 0.489 e. The third-order valence-corrected chi connectivity index (χ3v) is 5.52. The Kier molecular flexibility index (Phi) is 6.54. The number of nitrogens with one attached hydrogen (secondary N) is 2. The third-order valence-electron chi connectivity index (χ3n) is 4.14. The Hall–Kier alpha value is -3.58. The lowest BCUT2D eigenvalue weighted by Gasteiger charge is -2.11. The van der Waals surface area contributed by atoms with Gasteiger partial charge in [-0.25, -0.2) is 8.42 Å². The summed E-state index contributed by atoms with van der Waals surface area (Å²) < 4.78 is 33.4. The average Bonchev–Trinajstić information content (AvgIpc) is 2.72. The van der Waals surface area contributed by atoms with Crippen LogP contribution in [0.5, 0.6) is 5.75 Å². The number of benzene rings is 3. The van der Waals surface area contributed by atoms with E-state index in [1.165, 1.54) is 18.2 Å². The zero-order chi connectivity index (χ0) is 21.6. The number of rotatable bonds is 8. The zero-order valence-electron chi connectivity index (χ0n) is 16.5. The van der Waals surface area contributed by atoms with Crippen LogP contribution >= 0.6 is 0 Å². The van der Waals surface area contributed by atoms with Crippen LogP contribution in [0.2, 0.25) is 0 Å². The van der Waals surface area contributed by atoms with E-state index in [4.69, 9.17) is 4.74 Å². The van der Waals surface area contributed by atoms with E-state index in [0.29, 0.717) is 23.7 Å². The maximum Gasteiger partial charge on any atom is 0.261 e. The van der Waals surface area contributed by atoms with Gasteiger partial charge in [-0.2, -0.15) is 0 Å². The van der Waals surface area contributed by atoms with Crippen molar-refractivity contribution < 1.29 is 17.9 Å². The van der Waals surface area contributed by atoms with E-state index in [1.807, 2.05) is 13.0 Å². The highest BCUT2D eigenvalue weighted by atomic mass is 32.2. The summed E-state index contributed by atoms with van der Waals surface area (Å²) in [4.78, 5) is 12.6. The van der Waals surface area contributed by atoms with E-state index in [1.54, 1.807) is 54.6 Å². The van der Waals surface area contributed by atoms with E-state index in [0.717, 1.165) is 5.56 Å². The summed E-state index contributed by atoms with van der Waals surface area (Å²) in [5.41, 5.74) is 2.15. The monoisotopic (exact) mass is 422 g/mol. The van der Waals surface area contributed by atoms with Gasteiger partial charge < -0.3 is 10.1 Å². The van der Waals surface area contributed by atoms with Gasteiger partial charge in [0, 0.05) is 23.0 Å². The molecule has 0 fully saturated rings. The third kappa shape index (κ3) is 5.48. The van der Waals surface area contributed by atoms with Crippen molar-refractivity contribution in [3.05, 3.63) is 96.6 Å². The first kappa shape index (κ1) is 21.1. The fourth-order valence-electron chi connectivity index (χ4n) is 2.75. The minimum absolute atomic E-state index is 0.000256. The van der Waals surface area contributed by atoms with Crippen molar-refractivity contribution >= 4 is 27.3 Å². The average molecular weight is 423 g/mol. The fraction of sp³-hybridized carbons (Fsp3) is 0.0870. The molecule has 0 heterocycles. The summed E-state index contributed by atoms with van der Waals surface area (Å²) in [6.07, 6.45) is 1.63. The smallest absolute Gasteiger partial charge is 0.261 e. The normalized spacial score (nSPS) is 10.8. The molecule has 0 atom stereocenters. The lowest BCUT2D eigenvalue weighted by Crippen LogP contribution is -2.16. The van der Waals surface area contributed by atoms with Crippen LogP contribution < -0.4 is 14.8 Å². The second kappa shape index (κ2) is 9.28. The molecule has 3 aromatic carbocycles. The summed E-state index contributed by atoms with van der Waals surface area (Å²) in [5, 5.41) is 2.75. The molecule has 0 aliphatic heterocycles. The Morgan fingerprint density at radius 1 is 1.00 bits per heavy atom. The molecule has 0 spiro atoms. The lowest BCUT2D eigenvalue weighted by atomic mass is 10.2. The van der Waals surface area contributed by atoms with E-state index < -0.39 is 15.9 Å². The van der Waals surface area contributed by atoms with Gasteiger partial charge in [0.25, 0.3) is 15.9 Å². The minimum Gasteiger partial charge on any atom is -0.489 e. The molecule has 0 saturated carbocycles. The van der Waals surface area contributed by atoms with Gasteiger partial charge in [-0.1, -0.05) is 36.9 Å². The van der Waals surface area contributed by atoms with Gasteiger partial charge in [0.15, 0.2) is 0 Å². The summed E-state index contributed by atoms with van der Waals surface area (Å²) in [6.45, 7) is 5.82. The molecule has 0 aliphatic carbocycles. The van der Waals surface area contributed by atoms with Crippen LogP contribution in [-0.2, 0) is 10.0 Å². The van der Waals surface area contributed by atoms with Crippen LogP contribution in [0.4, 0.5) is 11.4 Å². The Morgan fingerprint density at radius 2 is 1.73 bits per heavy atom. The molecule has 3 rings (SSSR count). The van der Waals surface area contributed by atoms with Crippen molar-refractivity contribution in [2.45, 2.75) is 11.8 Å². The molecule has 0 aromatic heterocycles. The fourth-order valence-corrected chi connectivity index (χ4v) is 3.84. The first-order valence-electron chi connectivity index (χ1n) is 9.22. The standard InChI is InChI=1S/C23H22N2O4S/c1-3-13-29-21-11-6-9-19(16-21)24-23(26)18-8-5-12-22(15-18)30(27,28)25-20-10-4-7-17(2)14-20/h3-12,14-16,25H,1,13H2,2H3,(H,24,26). The van der Waals surface area contributed by atoms with Crippen molar-refractivity contribution in [2.75, 3.05) is 16.6 Å². The molecule has 7 heteroatoms. The lowest BCUT2D eigenvalue weighted by molar-refractivity contribution is 0.102. The summed E-state index contributed by atoms with van der Waals surface area (Å²) in [5.74, 6) is 0.162. The molecule has 0 saturated heterocycles. The number of carbonyl (C=O) groups excluding carboxylic acids is 1. The Labute approximate surface area is 176 Å². The van der Waals surface area contributed by atoms with Crippen LogP contribution in [0.1, 0.15) is 15.9 Å². The number of ether oxygens (including phenoxy) is 1. The predicted octanol–water partition coefficient (Wildman–Crippen LogP) is 4.61. The van der Waals surface area contributed by atoms with Crippen LogP contribution in [0, 0.1) is 6.92 Å². The van der Waals surface area contributed by atoms with Gasteiger partial charge in [-0.3, -0.25) is 9.52 Å². The van der Waals surface area contributed by atoms with Crippen molar-refractivity contribution in [3.63, 3.8) is 0 Å². The van der Waals surface area contributed by atoms with E-state index >= 15 is 0 Å². The molecule has 0 unspecified atom stereocenters. The number of carbonyl (C=O) groups is 1. The molecule has 30 heavy (non-hydrogen) atoms. The van der Waals surface area contributed by atoms with Gasteiger partial charge in [0.05, 0.1) is 4.90 Å². The molecule has 0 aliphatic rings. The van der Waals surface area contributed by atoms with Crippen molar-refractivity contribution in [1.29, 1.82) is 0 Å². The zero-order valence-corrected chi connectivity index (χ0v) is 17.3. The maximum absolute atomic E-state index is 12.7. The van der Waals surface area contributed by atoms with Crippen molar-refractivity contribution in [1.82, 2.24) is 0 Å². The Morgan fingerprint density at radius 3 is 2.50 bits per heavy atom. The quantitative estimate of drug-likeness (QED) is 0.519. The summed E-state index contributed by atoms with van der Waals surface area (Å²) in [6, 6.07) is 19.8. The first-order chi connectivity index (χ1) is 14.4. The number of anilines is 2. The van der Waals surface area contributed by atoms with Gasteiger partial charge in [-0.05, 0) is 55.0 Å². The topological polar surface area (TPSA) is 84.5 Å². The van der Waals surface area contributed by atoms with E-state index in [-0.39, 0.29) is 10.5 Å². The van der Waals surface area contributed by atoms with Gasteiger partial charge in [-0.15, -0.1) is 0 Å². The van der Waals surface area contributed by atoms with Crippen LogP contribution in [0.3, 0.4) is 0 Å². The van der Waals surface area contributed by atoms with Crippen molar-refractivity contribution in [3.8, 4) is 5.75 Å². The van der Waals surface area contributed by atoms with Crippen LogP contribution in [0.25, 0.3) is 0 Å². The van der Waals surface area contributed by atoms with Gasteiger partial charge in [0.1, 0.15) is 12.4 Å². The Balaban J connectivity index is 1.77. The summed E-state index contributed by atoms with van der Waals surface area (Å²) >= 11 is 0. The highest BCUT2D eigenvalue weighted by molar-refractivity contribution is 7.92. The second-order valence-electron chi connectivity index (χ2n) is 6.58. The maximum atomic E-state index is 12.7. The molecule has 6 nitrogen and oxygen atoms in total. The molecule has 2 N–H and O–H groups in total. The van der Waals surface area contributed by atoms with Gasteiger partial charge >= 0.3 is 0 Å². The second-order valence-corrected chi connectivity index (χ2v) is 8.27. The SMILES string of the molecule is C=CCOc1cccc(NC(=O)c2cccc(S(=O)(=O)Nc3cccc(C)c3)c2)c1. The molecule has 1 amide bonds. The van der Waals surface area contributed by atoms with Crippen LogP contribution in [-0.4, -0.2) is 20.9 Å². The Bertz CT molecular complexity index is 1170.